The van der Waals surface area contributed by atoms with Crippen molar-refractivity contribution in [2.75, 3.05) is 20.1 Å². The van der Waals surface area contributed by atoms with Gasteiger partial charge >= 0.3 is 0 Å². The van der Waals surface area contributed by atoms with Gasteiger partial charge in [0, 0.05) is 33.1 Å². The highest BCUT2D eigenvalue weighted by atomic mass is 35.5. The number of carbonyl (C=O) groups is 2. The predicted octanol–water partition coefficient (Wildman–Crippen LogP) is 4.34. The van der Waals surface area contributed by atoms with E-state index in [-0.39, 0.29) is 36.2 Å². The normalized spacial score (nSPS) is 12.4. The molecule has 0 aromatic heterocycles. The minimum atomic E-state index is -3.64. The molecule has 10 heteroatoms. The summed E-state index contributed by atoms with van der Waals surface area (Å²) >= 11 is 12.1. The fourth-order valence-electron chi connectivity index (χ4n) is 3.54. The second kappa shape index (κ2) is 13.1. The van der Waals surface area contributed by atoms with Crippen LogP contribution in [0.1, 0.15) is 38.7 Å². The summed E-state index contributed by atoms with van der Waals surface area (Å²) < 4.78 is 26.7. The number of hydrogen-bond donors (Lipinski definition) is 1. The Morgan fingerprint density at radius 3 is 2.29 bits per heavy atom. The van der Waals surface area contributed by atoms with E-state index in [1.54, 1.807) is 36.4 Å². The molecule has 2 amide bonds. The highest BCUT2D eigenvalue weighted by molar-refractivity contribution is 7.89. The molecular formula is C24H31Cl2N3O4S. The summed E-state index contributed by atoms with van der Waals surface area (Å²) in [7, 11) is -2.15. The van der Waals surface area contributed by atoms with E-state index >= 15 is 0 Å². The van der Waals surface area contributed by atoms with Gasteiger partial charge in [-0.05, 0) is 49.6 Å². The molecule has 1 atom stereocenters. The zero-order valence-electron chi connectivity index (χ0n) is 19.6. The van der Waals surface area contributed by atoms with Crippen molar-refractivity contribution in [3.8, 4) is 0 Å². The van der Waals surface area contributed by atoms with Crippen LogP contribution >= 0.6 is 23.2 Å². The van der Waals surface area contributed by atoms with Crippen molar-refractivity contribution >= 4 is 45.0 Å². The molecule has 0 unspecified atom stereocenters. The van der Waals surface area contributed by atoms with Crippen molar-refractivity contribution in [3.05, 3.63) is 64.1 Å². The van der Waals surface area contributed by atoms with E-state index in [1.165, 1.54) is 28.4 Å². The number of rotatable bonds is 12. The molecule has 0 radical (unpaired) electrons. The average Bonchev–Trinajstić information content (AvgIpc) is 2.81. The van der Waals surface area contributed by atoms with Crippen LogP contribution in [0.4, 0.5) is 0 Å². The standard InChI is InChI=1S/C24H31Cl2N3O4S/c1-4-22(24(31)27-5-2)29(17-18-13-14-20(25)21(26)16-18)23(30)12-9-15-28(3)34(32,33)19-10-7-6-8-11-19/h6-8,10-11,13-14,16,22H,4-5,9,12,15,17H2,1-3H3,(H,27,31)/t22-/m0/s1. The summed E-state index contributed by atoms with van der Waals surface area (Å²) in [6.45, 7) is 4.46. The summed E-state index contributed by atoms with van der Waals surface area (Å²) in [5, 5.41) is 3.55. The summed E-state index contributed by atoms with van der Waals surface area (Å²) in [5.74, 6) is -0.475. The van der Waals surface area contributed by atoms with Gasteiger partial charge in [0.2, 0.25) is 21.8 Å². The van der Waals surface area contributed by atoms with Gasteiger partial charge in [0.1, 0.15) is 6.04 Å². The number of nitrogens with zero attached hydrogens (tertiary/aromatic N) is 2. The Balaban J connectivity index is 2.13. The zero-order valence-corrected chi connectivity index (χ0v) is 22.0. The first kappa shape index (κ1) is 28.1. The lowest BCUT2D eigenvalue weighted by Crippen LogP contribution is -2.49. The number of carbonyl (C=O) groups excluding carboxylic acids is 2. The van der Waals surface area contributed by atoms with Crippen LogP contribution in [0.15, 0.2) is 53.4 Å². The fourth-order valence-corrected chi connectivity index (χ4v) is 5.09. The van der Waals surface area contributed by atoms with E-state index in [1.807, 2.05) is 13.8 Å². The lowest BCUT2D eigenvalue weighted by molar-refractivity contribution is -0.141. The van der Waals surface area contributed by atoms with Gasteiger partial charge in [-0.2, -0.15) is 0 Å². The summed E-state index contributed by atoms with van der Waals surface area (Å²) in [6, 6.07) is 12.6. The SMILES string of the molecule is CCNC(=O)[C@H](CC)N(Cc1ccc(Cl)c(Cl)c1)C(=O)CCCN(C)S(=O)(=O)c1ccccc1. The van der Waals surface area contributed by atoms with Crippen LogP contribution in [0.5, 0.6) is 0 Å². The van der Waals surface area contributed by atoms with Crippen LogP contribution in [0, 0.1) is 0 Å². The Hall–Kier alpha value is -2.13. The molecule has 1 N–H and O–H groups in total. The van der Waals surface area contributed by atoms with E-state index < -0.39 is 16.1 Å². The van der Waals surface area contributed by atoms with Crippen LogP contribution in [-0.4, -0.2) is 55.6 Å². The van der Waals surface area contributed by atoms with Gasteiger partial charge < -0.3 is 10.2 Å². The third-order valence-corrected chi connectivity index (χ3v) is 8.00. The number of likely N-dealkylation sites (N-methyl/N-ethyl adjacent to an activating group) is 1. The first-order valence-electron chi connectivity index (χ1n) is 11.1. The van der Waals surface area contributed by atoms with Gasteiger partial charge in [0.15, 0.2) is 0 Å². The lowest BCUT2D eigenvalue weighted by atomic mass is 10.1. The van der Waals surface area contributed by atoms with Crippen molar-refractivity contribution in [1.82, 2.24) is 14.5 Å². The van der Waals surface area contributed by atoms with Gasteiger partial charge in [0.25, 0.3) is 0 Å². The van der Waals surface area contributed by atoms with Crippen LogP contribution in [0.3, 0.4) is 0 Å². The molecule has 34 heavy (non-hydrogen) atoms. The highest BCUT2D eigenvalue weighted by Crippen LogP contribution is 2.24. The largest absolute Gasteiger partial charge is 0.355 e. The van der Waals surface area contributed by atoms with Crippen molar-refractivity contribution in [3.63, 3.8) is 0 Å². The number of nitrogens with one attached hydrogen (secondary N) is 1. The summed E-state index contributed by atoms with van der Waals surface area (Å²) in [5.41, 5.74) is 0.745. The van der Waals surface area contributed by atoms with Crippen molar-refractivity contribution < 1.29 is 18.0 Å². The first-order valence-corrected chi connectivity index (χ1v) is 13.3. The van der Waals surface area contributed by atoms with Crippen molar-refractivity contribution in [2.45, 2.75) is 50.6 Å². The Kier molecular flexibility index (Phi) is 10.8. The van der Waals surface area contributed by atoms with Gasteiger partial charge in [-0.1, -0.05) is 54.4 Å². The minimum Gasteiger partial charge on any atom is -0.355 e. The topological polar surface area (TPSA) is 86.8 Å². The van der Waals surface area contributed by atoms with Gasteiger partial charge in [-0.15, -0.1) is 0 Å². The zero-order chi connectivity index (χ0) is 25.3. The number of benzene rings is 2. The van der Waals surface area contributed by atoms with E-state index in [0.717, 1.165) is 5.56 Å². The molecule has 7 nitrogen and oxygen atoms in total. The molecule has 186 valence electrons. The number of hydrogen-bond acceptors (Lipinski definition) is 4. The molecule has 0 bridgehead atoms. The number of sulfonamides is 1. The van der Waals surface area contributed by atoms with Gasteiger partial charge in [0.05, 0.1) is 14.9 Å². The molecule has 0 aliphatic carbocycles. The highest BCUT2D eigenvalue weighted by Gasteiger charge is 2.28. The monoisotopic (exact) mass is 527 g/mol. The van der Waals surface area contributed by atoms with E-state index in [2.05, 4.69) is 5.32 Å². The smallest absolute Gasteiger partial charge is 0.242 e. The van der Waals surface area contributed by atoms with Crippen molar-refractivity contribution in [1.29, 1.82) is 0 Å². The summed E-state index contributed by atoms with van der Waals surface area (Å²) in [4.78, 5) is 27.6. The predicted molar refractivity (Wildman–Crippen MR) is 135 cm³/mol. The first-order chi connectivity index (χ1) is 16.1. The summed E-state index contributed by atoms with van der Waals surface area (Å²) in [6.07, 6.45) is 0.832. The molecule has 2 rings (SSSR count). The second-order valence-electron chi connectivity index (χ2n) is 7.83. The maximum Gasteiger partial charge on any atom is 0.242 e. The van der Waals surface area contributed by atoms with E-state index in [0.29, 0.717) is 29.4 Å². The fraction of sp³-hybridized carbons (Fsp3) is 0.417. The van der Waals surface area contributed by atoms with Crippen LogP contribution in [0.2, 0.25) is 10.0 Å². The maximum atomic E-state index is 13.2. The number of amides is 2. The Bertz CT molecular complexity index is 1080. The number of halogens is 2. The third-order valence-electron chi connectivity index (χ3n) is 5.39. The van der Waals surface area contributed by atoms with E-state index in [4.69, 9.17) is 23.2 Å². The van der Waals surface area contributed by atoms with Crippen LogP contribution in [-0.2, 0) is 26.2 Å². The molecular weight excluding hydrogens is 497 g/mol. The molecule has 0 heterocycles. The molecule has 0 saturated carbocycles. The third kappa shape index (κ3) is 7.43. The quantitative estimate of drug-likeness (QED) is 0.444. The molecule has 0 fully saturated rings. The molecule has 0 spiro atoms. The second-order valence-corrected chi connectivity index (χ2v) is 10.7. The Morgan fingerprint density at radius 1 is 1.03 bits per heavy atom. The van der Waals surface area contributed by atoms with E-state index in [9.17, 15) is 18.0 Å². The minimum absolute atomic E-state index is 0.0892. The van der Waals surface area contributed by atoms with Gasteiger partial charge in [-0.3, -0.25) is 9.59 Å². The molecule has 2 aromatic carbocycles. The Morgan fingerprint density at radius 2 is 1.71 bits per heavy atom. The van der Waals surface area contributed by atoms with Crippen LogP contribution < -0.4 is 5.32 Å². The maximum absolute atomic E-state index is 13.2. The average molecular weight is 529 g/mol. The lowest BCUT2D eigenvalue weighted by Gasteiger charge is -2.31. The molecule has 0 aliphatic rings. The van der Waals surface area contributed by atoms with Gasteiger partial charge in [-0.25, -0.2) is 12.7 Å². The molecule has 0 aliphatic heterocycles. The molecule has 2 aromatic rings. The van der Waals surface area contributed by atoms with Crippen LogP contribution in [0.25, 0.3) is 0 Å². The molecule has 0 saturated heterocycles. The van der Waals surface area contributed by atoms with Crippen molar-refractivity contribution in [2.24, 2.45) is 0 Å². The Labute approximate surface area is 212 Å².